The van der Waals surface area contributed by atoms with Gasteiger partial charge in [0.15, 0.2) is 11.6 Å². The second kappa shape index (κ2) is 4.53. The van der Waals surface area contributed by atoms with Crippen LogP contribution in [0.1, 0.15) is 17.5 Å². The van der Waals surface area contributed by atoms with Crippen LogP contribution in [0.4, 0.5) is 0 Å². The fourth-order valence-corrected chi connectivity index (χ4v) is 1.83. The number of ketones is 1. The molecule has 0 amide bonds. The molecule has 3 nitrogen and oxygen atoms in total. The molecule has 0 aliphatic carbocycles. The maximum atomic E-state index is 11.1. The first-order chi connectivity index (χ1) is 7.70. The molecule has 1 heterocycles. The molecule has 0 unspecified atom stereocenters. The Kier molecular flexibility index (Phi) is 3.10. The number of Topliss-reactive ketones (excluding diaryl/α,β-unsaturated/α-hetero) is 1. The van der Waals surface area contributed by atoms with E-state index in [0.29, 0.717) is 5.82 Å². The van der Waals surface area contributed by atoms with Gasteiger partial charge in [0.05, 0.1) is 11.9 Å². The number of imidazole rings is 1. The summed E-state index contributed by atoms with van der Waals surface area (Å²) in [5.41, 5.74) is 1.91. The third-order valence-corrected chi connectivity index (χ3v) is 3.05. The highest BCUT2D eigenvalue weighted by atomic mass is 32.2. The van der Waals surface area contributed by atoms with Crippen LogP contribution in [0, 0.1) is 0 Å². The quantitative estimate of drug-likeness (QED) is 0.653. The minimum absolute atomic E-state index is 0.0491. The Balaban J connectivity index is 2.31. The predicted octanol–water partition coefficient (Wildman–Crippen LogP) is 3.00. The van der Waals surface area contributed by atoms with E-state index < -0.39 is 0 Å². The minimum Gasteiger partial charge on any atom is -0.336 e. The number of nitrogens with zero attached hydrogens (tertiary/aromatic N) is 1. The van der Waals surface area contributed by atoms with E-state index in [1.807, 2.05) is 30.5 Å². The van der Waals surface area contributed by atoms with E-state index >= 15 is 0 Å². The number of hydrogen-bond acceptors (Lipinski definition) is 3. The number of thioether (sulfide) groups is 1. The summed E-state index contributed by atoms with van der Waals surface area (Å²) in [5.74, 6) is 0.357. The molecule has 1 N–H and O–H groups in total. The van der Waals surface area contributed by atoms with Gasteiger partial charge in [-0.3, -0.25) is 4.79 Å². The number of H-pyrrole nitrogens is 1. The Labute approximate surface area is 98.3 Å². The number of carbonyl (C=O) groups excluding carboxylic acids is 1. The fraction of sp³-hybridized carbons (Fsp3) is 0.167. The molecule has 2 rings (SSSR count). The summed E-state index contributed by atoms with van der Waals surface area (Å²) >= 11 is 1.70. The lowest BCUT2D eigenvalue weighted by Crippen LogP contribution is -1.93. The van der Waals surface area contributed by atoms with Crippen LogP contribution < -0.4 is 0 Å². The third-order valence-electron chi connectivity index (χ3n) is 2.31. The number of nitrogens with one attached hydrogen (secondary N) is 1. The molecule has 0 fully saturated rings. The fourth-order valence-electron chi connectivity index (χ4n) is 1.42. The second-order valence-corrected chi connectivity index (χ2v) is 4.31. The molecular weight excluding hydrogens is 220 g/mol. The van der Waals surface area contributed by atoms with Crippen molar-refractivity contribution in [2.75, 3.05) is 6.26 Å². The third kappa shape index (κ3) is 2.17. The van der Waals surface area contributed by atoms with Crippen molar-refractivity contribution in [2.45, 2.75) is 11.8 Å². The minimum atomic E-state index is -0.0491. The first kappa shape index (κ1) is 11.0. The van der Waals surface area contributed by atoms with E-state index in [9.17, 15) is 4.79 Å². The molecule has 1 aromatic heterocycles. The van der Waals surface area contributed by atoms with Crippen molar-refractivity contribution in [3.8, 4) is 11.3 Å². The van der Waals surface area contributed by atoms with Gasteiger partial charge in [-0.1, -0.05) is 12.1 Å². The molecule has 1 aromatic carbocycles. The Hall–Kier alpha value is -1.55. The molecule has 2 aromatic rings. The highest BCUT2D eigenvalue weighted by Gasteiger charge is 2.06. The van der Waals surface area contributed by atoms with E-state index in [0.717, 1.165) is 11.3 Å². The van der Waals surface area contributed by atoms with Crippen molar-refractivity contribution in [1.29, 1.82) is 0 Å². The normalized spacial score (nSPS) is 10.4. The predicted molar refractivity (Wildman–Crippen MR) is 65.8 cm³/mol. The van der Waals surface area contributed by atoms with Crippen LogP contribution in [-0.2, 0) is 0 Å². The molecule has 0 spiro atoms. The average Bonchev–Trinajstić information content (AvgIpc) is 2.78. The molecule has 82 valence electrons. The van der Waals surface area contributed by atoms with E-state index in [1.165, 1.54) is 11.8 Å². The maximum Gasteiger partial charge on any atom is 0.194 e. The van der Waals surface area contributed by atoms with Crippen LogP contribution in [0.3, 0.4) is 0 Å². The van der Waals surface area contributed by atoms with Crippen molar-refractivity contribution in [1.82, 2.24) is 9.97 Å². The lowest BCUT2D eigenvalue weighted by atomic mass is 10.2. The van der Waals surface area contributed by atoms with Gasteiger partial charge in [-0.2, -0.15) is 0 Å². The second-order valence-electron chi connectivity index (χ2n) is 3.43. The number of rotatable bonds is 3. The van der Waals surface area contributed by atoms with E-state index in [-0.39, 0.29) is 5.78 Å². The SMILES string of the molecule is CSc1ccc(-c2cnc(C(C)=O)[nH]2)cc1. The van der Waals surface area contributed by atoms with Gasteiger partial charge in [0.2, 0.25) is 0 Å². The van der Waals surface area contributed by atoms with Crippen LogP contribution in [0.15, 0.2) is 35.4 Å². The van der Waals surface area contributed by atoms with Gasteiger partial charge in [-0.25, -0.2) is 4.98 Å². The molecule has 0 atom stereocenters. The zero-order valence-electron chi connectivity index (χ0n) is 9.15. The van der Waals surface area contributed by atoms with Gasteiger partial charge in [0.25, 0.3) is 0 Å². The number of benzene rings is 1. The van der Waals surface area contributed by atoms with Gasteiger partial charge < -0.3 is 4.98 Å². The van der Waals surface area contributed by atoms with Gasteiger partial charge in [0, 0.05) is 11.8 Å². The number of carbonyl (C=O) groups is 1. The van der Waals surface area contributed by atoms with Crippen LogP contribution in [-0.4, -0.2) is 22.0 Å². The van der Waals surface area contributed by atoms with Gasteiger partial charge in [-0.05, 0) is 24.0 Å². The number of aromatic nitrogens is 2. The first-order valence-corrected chi connectivity index (χ1v) is 6.13. The molecule has 0 radical (unpaired) electrons. The van der Waals surface area contributed by atoms with Gasteiger partial charge in [-0.15, -0.1) is 11.8 Å². The molecule has 16 heavy (non-hydrogen) atoms. The molecular formula is C12H12N2OS. The number of aromatic amines is 1. The smallest absolute Gasteiger partial charge is 0.194 e. The van der Waals surface area contributed by atoms with E-state index in [4.69, 9.17) is 0 Å². The lowest BCUT2D eigenvalue weighted by molar-refractivity contribution is 0.100. The summed E-state index contributed by atoms with van der Waals surface area (Å²) < 4.78 is 0. The van der Waals surface area contributed by atoms with Crippen LogP contribution in [0.25, 0.3) is 11.3 Å². The van der Waals surface area contributed by atoms with Crippen LogP contribution in [0.5, 0.6) is 0 Å². The van der Waals surface area contributed by atoms with Crippen molar-refractivity contribution < 1.29 is 4.79 Å². The molecule has 0 bridgehead atoms. The molecule has 4 heteroatoms. The highest BCUT2D eigenvalue weighted by molar-refractivity contribution is 7.98. The molecule has 0 aliphatic rings. The highest BCUT2D eigenvalue weighted by Crippen LogP contribution is 2.21. The standard InChI is InChI=1S/C12H12N2OS/c1-8(15)12-13-7-11(14-12)9-3-5-10(16-2)6-4-9/h3-7H,1-2H3,(H,13,14). The zero-order chi connectivity index (χ0) is 11.5. The largest absolute Gasteiger partial charge is 0.336 e. The van der Waals surface area contributed by atoms with Crippen LogP contribution in [0.2, 0.25) is 0 Å². The summed E-state index contributed by atoms with van der Waals surface area (Å²) in [6.07, 6.45) is 3.73. The summed E-state index contributed by atoms with van der Waals surface area (Å²) in [6.45, 7) is 1.50. The van der Waals surface area contributed by atoms with E-state index in [1.54, 1.807) is 18.0 Å². The van der Waals surface area contributed by atoms with Crippen molar-refractivity contribution in [3.05, 3.63) is 36.3 Å². The Bertz CT molecular complexity index is 502. The summed E-state index contributed by atoms with van der Waals surface area (Å²) in [7, 11) is 0. The Morgan fingerprint density at radius 2 is 2.00 bits per heavy atom. The molecule has 0 saturated heterocycles. The lowest BCUT2D eigenvalue weighted by Gasteiger charge is -1.99. The topological polar surface area (TPSA) is 45.8 Å². The van der Waals surface area contributed by atoms with Crippen LogP contribution >= 0.6 is 11.8 Å². The average molecular weight is 232 g/mol. The van der Waals surface area contributed by atoms with Crippen molar-refractivity contribution in [3.63, 3.8) is 0 Å². The monoisotopic (exact) mass is 232 g/mol. The molecule has 0 aliphatic heterocycles. The zero-order valence-corrected chi connectivity index (χ0v) is 9.97. The summed E-state index contributed by atoms with van der Waals surface area (Å²) in [6, 6.07) is 8.13. The Morgan fingerprint density at radius 1 is 1.31 bits per heavy atom. The first-order valence-electron chi connectivity index (χ1n) is 4.91. The van der Waals surface area contributed by atoms with Gasteiger partial charge >= 0.3 is 0 Å². The van der Waals surface area contributed by atoms with E-state index in [2.05, 4.69) is 9.97 Å². The Morgan fingerprint density at radius 3 is 2.50 bits per heavy atom. The number of hydrogen-bond donors (Lipinski definition) is 1. The van der Waals surface area contributed by atoms with Crippen molar-refractivity contribution >= 4 is 17.5 Å². The summed E-state index contributed by atoms with van der Waals surface area (Å²) in [4.78, 5) is 19.3. The maximum absolute atomic E-state index is 11.1. The molecule has 0 saturated carbocycles. The van der Waals surface area contributed by atoms with Crippen molar-refractivity contribution in [2.24, 2.45) is 0 Å². The van der Waals surface area contributed by atoms with Gasteiger partial charge in [0.1, 0.15) is 0 Å². The summed E-state index contributed by atoms with van der Waals surface area (Å²) in [5, 5.41) is 0.